The number of benzene rings is 1. The van der Waals surface area contributed by atoms with Crippen LogP contribution in [0.4, 0.5) is 11.5 Å². The summed E-state index contributed by atoms with van der Waals surface area (Å²) in [6.07, 6.45) is 9.75. The Kier molecular flexibility index (Phi) is 9.15. The molecule has 0 bridgehead atoms. The van der Waals surface area contributed by atoms with Crippen LogP contribution >= 0.6 is 34.3 Å². The average molecular weight is 689 g/mol. The number of aliphatic imine (C=N–C) groups is 1. The molecular weight excluding hydrogens is 656 g/mol. The van der Waals surface area contributed by atoms with Crippen molar-refractivity contribution in [3.63, 3.8) is 0 Å². The van der Waals surface area contributed by atoms with Gasteiger partial charge >= 0.3 is 11.9 Å². The molecule has 0 fully saturated rings. The maximum absolute atomic E-state index is 12.2. The number of nitrogens with zero attached hydrogens (tertiary/aromatic N) is 5. The number of anilines is 2. The smallest absolute Gasteiger partial charge is 0.309 e. The zero-order valence-electron chi connectivity index (χ0n) is 26.0. The summed E-state index contributed by atoms with van der Waals surface area (Å²) < 4.78 is 10.3. The second-order valence-corrected chi connectivity index (χ2v) is 14.2. The molecule has 8 rings (SSSR count). The van der Waals surface area contributed by atoms with Gasteiger partial charge < -0.3 is 14.8 Å². The third-order valence-corrected chi connectivity index (χ3v) is 11.4. The van der Waals surface area contributed by atoms with Gasteiger partial charge in [0.1, 0.15) is 33.3 Å². The highest BCUT2D eigenvalue weighted by atomic mass is 35.5. The first-order valence-corrected chi connectivity index (χ1v) is 17.8. The molecule has 2 aliphatic carbocycles. The molecule has 1 aliphatic heterocycles. The molecule has 1 aromatic carbocycles. The summed E-state index contributed by atoms with van der Waals surface area (Å²) in [7, 11) is 0. The van der Waals surface area contributed by atoms with E-state index in [-0.39, 0.29) is 23.8 Å². The lowest BCUT2D eigenvalue weighted by Gasteiger charge is -2.20. The van der Waals surface area contributed by atoms with Crippen molar-refractivity contribution in [2.45, 2.75) is 58.9 Å². The number of halogens is 1. The molecule has 4 aromatic heterocycles. The van der Waals surface area contributed by atoms with Crippen LogP contribution in [0.2, 0.25) is 5.15 Å². The van der Waals surface area contributed by atoms with Crippen molar-refractivity contribution < 1.29 is 19.1 Å². The van der Waals surface area contributed by atoms with Crippen LogP contribution in [-0.2, 0) is 51.3 Å². The Bertz CT molecular complexity index is 2020. The quantitative estimate of drug-likeness (QED) is 0.147. The monoisotopic (exact) mass is 688 g/mol. The van der Waals surface area contributed by atoms with Gasteiger partial charge in [-0.25, -0.2) is 19.9 Å². The van der Waals surface area contributed by atoms with Crippen LogP contribution in [0.25, 0.3) is 20.4 Å². The van der Waals surface area contributed by atoms with Crippen LogP contribution in [0.1, 0.15) is 58.7 Å². The third kappa shape index (κ3) is 6.33. The third-order valence-electron chi connectivity index (χ3n) is 8.78. The van der Waals surface area contributed by atoms with Crippen molar-refractivity contribution in [3.05, 3.63) is 68.0 Å². The highest BCUT2D eigenvalue weighted by Crippen LogP contribution is 2.41. The Hall–Kier alpha value is -4.00. The fourth-order valence-electron chi connectivity index (χ4n) is 6.52. The van der Waals surface area contributed by atoms with E-state index >= 15 is 0 Å². The van der Waals surface area contributed by atoms with Gasteiger partial charge in [0.15, 0.2) is 0 Å². The number of thiophene rings is 2. The number of hydrogen-bond acceptors (Lipinski definition) is 12. The highest BCUT2D eigenvalue weighted by Gasteiger charge is 2.31. The van der Waals surface area contributed by atoms with Gasteiger partial charge in [-0.2, -0.15) is 0 Å². The standard InChI is InChI=1S/C21H20N4O2S.C13H13ClN2O2S/c1-2-27-21(26)12-4-6-16-17(8-12)28-20-18(16)19(23-11-24-20)25-15-5-3-13-9-22-10-14(13)7-15;1-2-18-13(17)7-3-4-8-9(5-7)19-12-10(8)11(14)15-6-16-12/h3,5,7,10-12H,2,4,6,8-9H2,1H3,(H,23,24,25);6-7H,2-5H2,1H3/t12-;7-/m11/s1. The molecule has 0 spiro atoms. The molecule has 1 N–H and O–H groups in total. The molecule has 10 nitrogen and oxygen atoms in total. The summed E-state index contributed by atoms with van der Waals surface area (Å²) in [5, 5.41) is 6.03. The molecule has 13 heteroatoms. The van der Waals surface area contributed by atoms with E-state index in [2.05, 4.69) is 48.4 Å². The van der Waals surface area contributed by atoms with E-state index in [1.54, 1.807) is 29.0 Å². The molecule has 5 aromatic rings. The molecule has 0 unspecified atom stereocenters. The van der Waals surface area contributed by atoms with Crippen molar-refractivity contribution in [1.82, 2.24) is 19.9 Å². The van der Waals surface area contributed by atoms with Crippen LogP contribution in [0.15, 0.2) is 35.8 Å². The van der Waals surface area contributed by atoms with E-state index in [1.165, 1.54) is 32.8 Å². The van der Waals surface area contributed by atoms with Gasteiger partial charge in [-0.3, -0.25) is 14.6 Å². The van der Waals surface area contributed by atoms with E-state index in [1.807, 2.05) is 20.1 Å². The van der Waals surface area contributed by atoms with E-state index in [4.69, 9.17) is 21.1 Å². The van der Waals surface area contributed by atoms with Crippen molar-refractivity contribution in [1.29, 1.82) is 0 Å². The highest BCUT2D eigenvalue weighted by molar-refractivity contribution is 7.19. The number of aryl methyl sites for hydroxylation is 2. The van der Waals surface area contributed by atoms with Gasteiger partial charge in [0, 0.05) is 21.7 Å². The number of aromatic nitrogens is 4. The second-order valence-electron chi connectivity index (χ2n) is 11.6. The fraction of sp³-hybridized carbons (Fsp3) is 0.382. The molecule has 0 radical (unpaired) electrons. The minimum absolute atomic E-state index is 0.0350. The van der Waals surface area contributed by atoms with Gasteiger partial charge in [-0.05, 0) is 86.8 Å². The minimum atomic E-state index is -0.0946. The van der Waals surface area contributed by atoms with Crippen molar-refractivity contribution in [3.8, 4) is 0 Å². The Morgan fingerprint density at radius 1 is 0.872 bits per heavy atom. The summed E-state index contributed by atoms with van der Waals surface area (Å²) >= 11 is 9.42. The number of fused-ring (bicyclic) bond motifs is 7. The summed E-state index contributed by atoms with van der Waals surface area (Å²) in [5.74, 6) is 0.553. The van der Waals surface area contributed by atoms with Crippen LogP contribution in [0.3, 0.4) is 0 Å². The molecule has 3 aliphatic rings. The van der Waals surface area contributed by atoms with E-state index in [0.717, 1.165) is 82.6 Å². The largest absolute Gasteiger partial charge is 0.466 e. The van der Waals surface area contributed by atoms with Gasteiger partial charge in [0.05, 0.1) is 42.4 Å². The first-order chi connectivity index (χ1) is 22.9. The molecule has 2 atom stereocenters. The van der Waals surface area contributed by atoms with E-state index in [0.29, 0.717) is 18.4 Å². The molecule has 47 heavy (non-hydrogen) atoms. The lowest BCUT2D eigenvalue weighted by Crippen LogP contribution is -2.23. The summed E-state index contributed by atoms with van der Waals surface area (Å²) in [6.45, 7) is 5.31. The minimum Gasteiger partial charge on any atom is -0.466 e. The number of ether oxygens (including phenoxy) is 2. The number of hydrogen-bond donors (Lipinski definition) is 1. The van der Waals surface area contributed by atoms with Gasteiger partial charge in [0.25, 0.3) is 0 Å². The number of esters is 2. The lowest BCUT2D eigenvalue weighted by atomic mass is 9.88. The first-order valence-electron chi connectivity index (χ1n) is 15.8. The van der Waals surface area contributed by atoms with Crippen LogP contribution < -0.4 is 5.32 Å². The maximum Gasteiger partial charge on any atom is 0.309 e. The Morgan fingerprint density at radius 3 is 2.15 bits per heavy atom. The van der Waals surface area contributed by atoms with Gasteiger partial charge in [-0.1, -0.05) is 17.7 Å². The number of nitrogens with one attached hydrogen (secondary N) is 1. The zero-order valence-corrected chi connectivity index (χ0v) is 28.4. The normalized spacial score (nSPS) is 17.8. The molecule has 0 saturated heterocycles. The lowest BCUT2D eigenvalue weighted by molar-refractivity contribution is -0.149. The molecule has 5 heterocycles. The Labute approximate surface area is 284 Å². The molecular formula is C34H33ClN6O4S2. The van der Waals surface area contributed by atoms with E-state index in [9.17, 15) is 9.59 Å². The van der Waals surface area contributed by atoms with E-state index < -0.39 is 0 Å². The predicted octanol–water partition coefficient (Wildman–Crippen LogP) is 7.05. The molecule has 0 amide bonds. The number of carbonyl (C=O) groups is 2. The number of carbonyl (C=O) groups excluding carboxylic acids is 2. The second kappa shape index (κ2) is 13.6. The van der Waals surface area contributed by atoms with Crippen LogP contribution in [-0.4, -0.2) is 51.3 Å². The molecule has 242 valence electrons. The predicted molar refractivity (Wildman–Crippen MR) is 185 cm³/mol. The van der Waals surface area contributed by atoms with Crippen molar-refractivity contribution >= 4 is 84.4 Å². The van der Waals surface area contributed by atoms with Gasteiger partial charge in [0.2, 0.25) is 0 Å². The van der Waals surface area contributed by atoms with Crippen LogP contribution in [0, 0.1) is 11.8 Å². The number of rotatable bonds is 6. The Balaban J connectivity index is 0.000000161. The van der Waals surface area contributed by atoms with Gasteiger partial charge in [-0.15, -0.1) is 22.7 Å². The van der Waals surface area contributed by atoms with Crippen LogP contribution in [0.5, 0.6) is 0 Å². The first kappa shape index (κ1) is 31.6. The average Bonchev–Trinajstić information content (AvgIpc) is 3.80. The summed E-state index contributed by atoms with van der Waals surface area (Å²) in [5.41, 5.74) is 5.88. The topological polar surface area (TPSA) is 129 Å². The Morgan fingerprint density at radius 2 is 1.49 bits per heavy atom. The SMILES string of the molecule is CCOC(=O)[C@@H]1CCc2c(sc3ncnc(Cl)c23)C1.CCOC(=O)[C@@H]1CCc2c(sc3ncnc(Nc4ccc5c(c4)C=NC5)c23)C1. The van der Waals surface area contributed by atoms with Crippen molar-refractivity contribution in [2.24, 2.45) is 16.8 Å². The zero-order chi connectivity index (χ0) is 32.5. The molecule has 0 saturated carbocycles. The maximum atomic E-state index is 12.2. The summed E-state index contributed by atoms with van der Waals surface area (Å²) in [4.78, 5) is 49.9. The van der Waals surface area contributed by atoms with Crippen molar-refractivity contribution in [2.75, 3.05) is 18.5 Å². The fourth-order valence-corrected chi connectivity index (χ4v) is 9.35. The summed E-state index contributed by atoms with van der Waals surface area (Å²) in [6, 6.07) is 6.28.